The SMILES string of the molecule is CCCCC/C=C\C/C=C\CCCCCCCC1OC2(CCC(CC)CC2)OC1CCCCCCC/C=C\C/C=C\CCCCC. The first-order chi connectivity index (χ1) is 22.7. The Hall–Kier alpha value is -1.12. The van der Waals surface area contributed by atoms with Crippen molar-refractivity contribution in [1.29, 1.82) is 0 Å². The highest BCUT2D eigenvalue weighted by molar-refractivity contribution is 4.94. The third kappa shape index (κ3) is 20.3. The Morgan fingerprint density at radius 1 is 0.457 bits per heavy atom. The minimum Gasteiger partial charge on any atom is -0.344 e. The van der Waals surface area contributed by atoms with E-state index in [-0.39, 0.29) is 5.79 Å². The Balaban J connectivity index is 1.57. The van der Waals surface area contributed by atoms with Gasteiger partial charge < -0.3 is 9.47 Å². The van der Waals surface area contributed by atoms with Gasteiger partial charge in [0.25, 0.3) is 0 Å². The highest BCUT2D eigenvalue weighted by Gasteiger charge is 2.48. The van der Waals surface area contributed by atoms with Gasteiger partial charge in [0.15, 0.2) is 5.79 Å². The molecule has 2 fully saturated rings. The lowest BCUT2D eigenvalue weighted by Gasteiger charge is -2.35. The van der Waals surface area contributed by atoms with Crippen LogP contribution in [0.25, 0.3) is 0 Å². The maximum atomic E-state index is 6.84. The summed E-state index contributed by atoms with van der Waals surface area (Å²) in [7, 11) is 0. The predicted molar refractivity (Wildman–Crippen MR) is 203 cm³/mol. The summed E-state index contributed by atoms with van der Waals surface area (Å²) in [6.45, 7) is 6.89. The summed E-state index contributed by atoms with van der Waals surface area (Å²) in [6.07, 6.45) is 56.6. The molecule has 0 amide bonds. The molecule has 2 unspecified atom stereocenters. The number of rotatable bonds is 29. The minimum atomic E-state index is -0.255. The van der Waals surface area contributed by atoms with E-state index >= 15 is 0 Å². The molecule has 1 aliphatic heterocycles. The lowest BCUT2D eigenvalue weighted by molar-refractivity contribution is -0.200. The minimum absolute atomic E-state index is 0.255. The highest BCUT2D eigenvalue weighted by atomic mass is 16.8. The van der Waals surface area contributed by atoms with Gasteiger partial charge in [-0.25, -0.2) is 0 Å². The molecule has 0 aromatic carbocycles. The summed E-state index contributed by atoms with van der Waals surface area (Å²) < 4.78 is 13.7. The molecule has 1 heterocycles. The third-order valence-corrected chi connectivity index (χ3v) is 10.5. The van der Waals surface area contributed by atoms with E-state index < -0.39 is 0 Å². The first-order valence-electron chi connectivity index (χ1n) is 20.7. The van der Waals surface area contributed by atoms with Gasteiger partial charge in [0.1, 0.15) is 0 Å². The predicted octanol–water partition coefficient (Wildman–Crippen LogP) is 14.7. The molecule has 1 saturated carbocycles. The van der Waals surface area contributed by atoms with Gasteiger partial charge in [0.2, 0.25) is 0 Å². The maximum Gasteiger partial charge on any atom is 0.169 e. The second-order valence-electron chi connectivity index (χ2n) is 14.6. The molecular weight excluding hydrogens is 560 g/mol. The number of ether oxygens (including phenoxy) is 2. The van der Waals surface area contributed by atoms with E-state index in [1.807, 2.05) is 0 Å². The molecule has 2 rings (SSSR count). The molecule has 266 valence electrons. The van der Waals surface area contributed by atoms with Crippen LogP contribution in [0.3, 0.4) is 0 Å². The molecule has 0 aromatic heterocycles. The first kappa shape index (κ1) is 41.1. The third-order valence-electron chi connectivity index (χ3n) is 10.5. The van der Waals surface area contributed by atoms with Crippen LogP contribution in [0.5, 0.6) is 0 Å². The molecule has 46 heavy (non-hydrogen) atoms. The zero-order chi connectivity index (χ0) is 32.8. The van der Waals surface area contributed by atoms with Crippen LogP contribution < -0.4 is 0 Å². The van der Waals surface area contributed by atoms with Gasteiger partial charge in [-0.05, 0) is 95.8 Å². The molecule has 0 radical (unpaired) electrons. The van der Waals surface area contributed by atoms with Crippen LogP contribution in [-0.2, 0) is 9.47 Å². The van der Waals surface area contributed by atoms with Crippen LogP contribution in [0, 0.1) is 5.92 Å². The summed E-state index contributed by atoms with van der Waals surface area (Å²) in [4.78, 5) is 0. The molecule has 0 aromatic rings. The van der Waals surface area contributed by atoms with E-state index in [4.69, 9.17) is 9.47 Å². The second-order valence-corrected chi connectivity index (χ2v) is 14.6. The Kier molecular flexibility index (Phi) is 25.7. The van der Waals surface area contributed by atoms with Crippen molar-refractivity contribution >= 4 is 0 Å². The van der Waals surface area contributed by atoms with Crippen molar-refractivity contribution in [3.05, 3.63) is 48.6 Å². The van der Waals surface area contributed by atoms with E-state index in [0.717, 1.165) is 31.6 Å². The Morgan fingerprint density at radius 3 is 1.22 bits per heavy atom. The molecule has 2 heteroatoms. The van der Waals surface area contributed by atoms with Crippen LogP contribution in [-0.4, -0.2) is 18.0 Å². The summed E-state index contributed by atoms with van der Waals surface area (Å²) in [5.41, 5.74) is 0. The van der Waals surface area contributed by atoms with Gasteiger partial charge in [0.05, 0.1) is 12.2 Å². The molecule has 0 N–H and O–H groups in total. The van der Waals surface area contributed by atoms with Crippen molar-refractivity contribution in [2.24, 2.45) is 5.92 Å². The van der Waals surface area contributed by atoms with Gasteiger partial charge in [-0.2, -0.15) is 0 Å². The van der Waals surface area contributed by atoms with Crippen molar-refractivity contribution in [2.45, 2.75) is 225 Å². The fraction of sp³-hybridized carbons (Fsp3) is 0.818. The Bertz CT molecular complexity index is 728. The molecule has 1 spiro atoms. The molecule has 0 bridgehead atoms. The lowest BCUT2D eigenvalue weighted by Crippen LogP contribution is -2.36. The quantitative estimate of drug-likeness (QED) is 0.0599. The number of hydrogen-bond acceptors (Lipinski definition) is 2. The molecule has 1 saturated heterocycles. The van der Waals surface area contributed by atoms with Gasteiger partial charge >= 0.3 is 0 Å². The standard InChI is InChI=1S/C44H78O2/c1-4-7-9-11-13-15-17-19-21-23-25-27-29-31-33-35-42-43(46-44(45-42)39-37-41(6-3)38-40-44)36-34-32-30-28-26-24-22-20-18-16-14-12-10-8-5-2/h13-16,19-22,41-43H,4-12,17-18,23-40H2,1-3H3/b15-13-,16-14-,21-19-,22-20-. The van der Waals surface area contributed by atoms with Gasteiger partial charge in [-0.3, -0.25) is 0 Å². The van der Waals surface area contributed by atoms with E-state index in [2.05, 4.69) is 69.4 Å². The average molecular weight is 639 g/mol. The van der Waals surface area contributed by atoms with E-state index in [1.165, 1.54) is 161 Å². The van der Waals surface area contributed by atoms with E-state index in [0.29, 0.717) is 12.2 Å². The van der Waals surface area contributed by atoms with Crippen LogP contribution in [0.15, 0.2) is 48.6 Å². The van der Waals surface area contributed by atoms with Crippen molar-refractivity contribution < 1.29 is 9.47 Å². The van der Waals surface area contributed by atoms with E-state index in [1.54, 1.807) is 0 Å². The Labute approximate surface area is 288 Å². The molecule has 2 aliphatic rings. The van der Waals surface area contributed by atoms with Crippen LogP contribution >= 0.6 is 0 Å². The van der Waals surface area contributed by atoms with Crippen LogP contribution in [0.1, 0.15) is 207 Å². The summed E-state index contributed by atoms with van der Waals surface area (Å²) in [5, 5.41) is 0. The molecular formula is C44H78O2. The zero-order valence-corrected chi connectivity index (χ0v) is 31.2. The largest absolute Gasteiger partial charge is 0.344 e. The summed E-state index contributed by atoms with van der Waals surface area (Å²) >= 11 is 0. The van der Waals surface area contributed by atoms with Gasteiger partial charge in [-0.1, -0.05) is 153 Å². The normalized spacial score (nSPS) is 23.8. The van der Waals surface area contributed by atoms with Crippen molar-refractivity contribution in [3.63, 3.8) is 0 Å². The number of hydrogen-bond donors (Lipinski definition) is 0. The Morgan fingerprint density at radius 2 is 0.826 bits per heavy atom. The van der Waals surface area contributed by atoms with Crippen LogP contribution in [0.2, 0.25) is 0 Å². The second kappa shape index (κ2) is 28.9. The summed E-state index contributed by atoms with van der Waals surface area (Å²) in [5.74, 6) is 0.619. The molecule has 2 atom stereocenters. The number of allylic oxidation sites excluding steroid dienone is 8. The average Bonchev–Trinajstić information content (AvgIpc) is 3.41. The molecule has 1 aliphatic carbocycles. The van der Waals surface area contributed by atoms with Crippen molar-refractivity contribution in [3.8, 4) is 0 Å². The van der Waals surface area contributed by atoms with Crippen molar-refractivity contribution in [2.75, 3.05) is 0 Å². The van der Waals surface area contributed by atoms with Gasteiger partial charge in [0, 0.05) is 12.8 Å². The maximum absolute atomic E-state index is 6.84. The van der Waals surface area contributed by atoms with Gasteiger partial charge in [-0.15, -0.1) is 0 Å². The highest BCUT2D eigenvalue weighted by Crippen LogP contribution is 2.45. The topological polar surface area (TPSA) is 18.5 Å². The lowest BCUT2D eigenvalue weighted by atomic mass is 9.84. The molecule has 2 nitrogen and oxygen atoms in total. The smallest absolute Gasteiger partial charge is 0.169 e. The first-order valence-corrected chi connectivity index (χ1v) is 20.7. The number of unbranched alkanes of at least 4 members (excludes halogenated alkanes) is 16. The van der Waals surface area contributed by atoms with E-state index in [9.17, 15) is 0 Å². The fourth-order valence-electron chi connectivity index (χ4n) is 7.30. The monoisotopic (exact) mass is 639 g/mol. The zero-order valence-electron chi connectivity index (χ0n) is 31.2. The fourth-order valence-corrected chi connectivity index (χ4v) is 7.30. The van der Waals surface area contributed by atoms with Crippen LogP contribution in [0.4, 0.5) is 0 Å². The summed E-state index contributed by atoms with van der Waals surface area (Å²) in [6, 6.07) is 0. The van der Waals surface area contributed by atoms with Crippen molar-refractivity contribution in [1.82, 2.24) is 0 Å².